The van der Waals surface area contributed by atoms with Gasteiger partial charge in [0.1, 0.15) is 5.82 Å². The van der Waals surface area contributed by atoms with Crippen LogP contribution in [0.3, 0.4) is 0 Å². The fourth-order valence-corrected chi connectivity index (χ4v) is 1.70. The highest BCUT2D eigenvalue weighted by molar-refractivity contribution is 5.75. The predicted octanol–water partition coefficient (Wildman–Crippen LogP) is 3.76. The van der Waals surface area contributed by atoms with E-state index in [4.69, 9.17) is 5.11 Å². The van der Waals surface area contributed by atoms with Gasteiger partial charge >= 0.3 is 5.97 Å². The van der Waals surface area contributed by atoms with Gasteiger partial charge in [-0.15, -0.1) is 0 Å². The minimum Gasteiger partial charge on any atom is -0.481 e. The van der Waals surface area contributed by atoms with E-state index in [1.165, 1.54) is 12.1 Å². The molecule has 0 aliphatic carbocycles. The van der Waals surface area contributed by atoms with Crippen LogP contribution in [0, 0.1) is 5.82 Å². The summed E-state index contributed by atoms with van der Waals surface area (Å²) in [5.41, 5.74) is 2.35. The second-order valence-corrected chi connectivity index (χ2v) is 4.31. The normalized spacial score (nSPS) is 11.9. The van der Waals surface area contributed by atoms with Crippen molar-refractivity contribution >= 4 is 17.3 Å². The number of aliphatic carboxylic acids is 1. The molecular weight excluding hydrogens is 245 g/mol. The van der Waals surface area contributed by atoms with Crippen LogP contribution in [0.1, 0.15) is 18.4 Å². The van der Waals surface area contributed by atoms with Crippen molar-refractivity contribution in [3.63, 3.8) is 0 Å². The Morgan fingerprint density at radius 1 is 1.05 bits per heavy atom. The van der Waals surface area contributed by atoms with Crippen molar-refractivity contribution in [2.75, 3.05) is 5.32 Å². The molecule has 0 aliphatic heterocycles. The molecule has 0 saturated heterocycles. The van der Waals surface area contributed by atoms with Crippen LogP contribution in [0.4, 0.5) is 15.8 Å². The number of halogens is 1. The van der Waals surface area contributed by atoms with Gasteiger partial charge in [-0.05, 0) is 48.9 Å². The van der Waals surface area contributed by atoms with Gasteiger partial charge in [0.2, 0.25) is 0 Å². The minimum atomic E-state index is -0.848. The van der Waals surface area contributed by atoms with Crippen LogP contribution >= 0.6 is 0 Å². The first-order chi connectivity index (χ1) is 9.06. The van der Waals surface area contributed by atoms with Gasteiger partial charge in [-0.2, -0.15) is 0 Å². The molecule has 3 nitrogen and oxygen atoms in total. The monoisotopic (exact) mass is 259 g/mol. The molecule has 98 valence electrons. The summed E-state index contributed by atoms with van der Waals surface area (Å²) in [6.45, 7) is 1.64. The van der Waals surface area contributed by atoms with Crippen LogP contribution in [0.25, 0.3) is 0 Å². The second-order valence-electron chi connectivity index (χ2n) is 4.31. The average Bonchev–Trinajstić information content (AvgIpc) is 2.41. The summed E-state index contributed by atoms with van der Waals surface area (Å²) in [6, 6.07) is 13.2. The Labute approximate surface area is 110 Å². The molecule has 2 rings (SSSR count). The lowest BCUT2D eigenvalue weighted by Gasteiger charge is -2.09. The maximum Gasteiger partial charge on any atom is 0.310 e. The smallest absolute Gasteiger partial charge is 0.310 e. The van der Waals surface area contributed by atoms with Crippen LogP contribution < -0.4 is 5.32 Å². The molecule has 1 atom stereocenters. The standard InChI is InChI=1S/C15H14FNO2/c1-10(15(18)19)11-2-6-13(7-3-11)17-14-8-4-12(16)5-9-14/h2-10,17H,1H3,(H,18,19). The van der Waals surface area contributed by atoms with Crippen molar-refractivity contribution in [1.82, 2.24) is 0 Å². The van der Waals surface area contributed by atoms with Crippen molar-refractivity contribution in [3.05, 3.63) is 59.9 Å². The Kier molecular flexibility index (Phi) is 3.80. The van der Waals surface area contributed by atoms with Gasteiger partial charge in [0.25, 0.3) is 0 Å². The molecule has 4 heteroatoms. The molecule has 0 bridgehead atoms. The SMILES string of the molecule is CC(C(=O)O)c1ccc(Nc2ccc(F)cc2)cc1. The van der Waals surface area contributed by atoms with E-state index in [1.807, 2.05) is 0 Å². The lowest BCUT2D eigenvalue weighted by Crippen LogP contribution is -2.07. The van der Waals surface area contributed by atoms with E-state index >= 15 is 0 Å². The molecule has 0 saturated carbocycles. The van der Waals surface area contributed by atoms with E-state index in [0.717, 1.165) is 16.9 Å². The van der Waals surface area contributed by atoms with E-state index in [1.54, 1.807) is 43.3 Å². The fraction of sp³-hybridized carbons (Fsp3) is 0.133. The third-order valence-corrected chi connectivity index (χ3v) is 2.91. The Bertz CT molecular complexity index is 564. The molecule has 2 aromatic rings. The average molecular weight is 259 g/mol. The Morgan fingerprint density at radius 3 is 2.00 bits per heavy atom. The molecule has 0 radical (unpaired) electrons. The summed E-state index contributed by atoms with van der Waals surface area (Å²) in [6.07, 6.45) is 0. The van der Waals surface area contributed by atoms with Gasteiger partial charge in [-0.3, -0.25) is 4.79 Å². The van der Waals surface area contributed by atoms with E-state index in [-0.39, 0.29) is 5.82 Å². The molecule has 0 amide bonds. The first kappa shape index (κ1) is 13.1. The molecule has 0 heterocycles. The second kappa shape index (κ2) is 5.52. The van der Waals surface area contributed by atoms with Crippen LogP contribution in [-0.4, -0.2) is 11.1 Å². The number of carbonyl (C=O) groups is 1. The number of hydrogen-bond donors (Lipinski definition) is 2. The molecule has 0 aliphatic rings. The van der Waals surface area contributed by atoms with Crippen molar-refractivity contribution in [2.24, 2.45) is 0 Å². The highest BCUT2D eigenvalue weighted by Gasteiger charge is 2.12. The fourth-order valence-electron chi connectivity index (χ4n) is 1.70. The van der Waals surface area contributed by atoms with Crippen molar-refractivity contribution in [1.29, 1.82) is 0 Å². The zero-order valence-corrected chi connectivity index (χ0v) is 10.4. The van der Waals surface area contributed by atoms with Gasteiger partial charge in [0.05, 0.1) is 5.92 Å². The molecule has 0 spiro atoms. The van der Waals surface area contributed by atoms with Gasteiger partial charge in [-0.1, -0.05) is 12.1 Å². The summed E-state index contributed by atoms with van der Waals surface area (Å²) < 4.78 is 12.8. The lowest BCUT2D eigenvalue weighted by molar-refractivity contribution is -0.138. The Hall–Kier alpha value is -2.36. The van der Waals surface area contributed by atoms with E-state index < -0.39 is 11.9 Å². The number of carboxylic acid groups (broad SMARTS) is 1. The molecule has 1 unspecified atom stereocenters. The van der Waals surface area contributed by atoms with E-state index in [9.17, 15) is 9.18 Å². The number of rotatable bonds is 4. The maximum absolute atomic E-state index is 12.8. The third-order valence-electron chi connectivity index (χ3n) is 2.91. The van der Waals surface area contributed by atoms with Crippen molar-refractivity contribution < 1.29 is 14.3 Å². The summed E-state index contributed by atoms with van der Waals surface area (Å²) in [5.74, 6) is -1.66. The van der Waals surface area contributed by atoms with E-state index in [0.29, 0.717) is 0 Å². The number of anilines is 2. The zero-order valence-electron chi connectivity index (χ0n) is 10.4. The van der Waals surface area contributed by atoms with Crippen molar-refractivity contribution in [3.8, 4) is 0 Å². The minimum absolute atomic E-state index is 0.281. The molecule has 19 heavy (non-hydrogen) atoms. The maximum atomic E-state index is 12.8. The number of carboxylic acids is 1. The summed E-state index contributed by atoms with van der Waals surface area (Å²) in [5, 5.41) is 12.0. The van der Waals surface area contributed by atoms with Gasteiger partial charge in [-0.25, -0.2) is 4.39 Å². The van der Waals surface area contributed by atoms with Crippen LogP contribution in [0.2, 0.25) is 0 Å². The molecule has 2 N–H and O–H groups in total. The number of benzene rings is 2. The van der Waals surface area contributed by atoms with Gasteiger partial charge in [0.15, 0.2) is 0 Å². The number of hydrogen-bond acceptors (Lipinski definition) is 2. The zero-order chi connectivity index (χ0) is 13.8. The molecule has 0 fully saturated rings. The highest BCUT2D eigenvalue weighted by atomic mass is 19.1. The lowest BCUT2D eigenvalue weighted by atomic mass is 10.0. The molecule has 2 aromatic carbocycles. The van der Waals surface area contributed by atoms with Crippen LogP contribution in [0.5, 0.6) is 0 Å². The van der Waals surface area contributed by atoms with Crippen LogP contribution in [-0.2, 0) is 4.79 Å². The van der Waals surface area contributed by atoms with Crippen LogP contribution in [0.15, 0.2) is 48.5 Å². The van der Waals surface area contributed by atoms with E-state index in [2.05, 4.69) is 5.32 Å². The molecular formula is C15H14FNO2. The third kappa shape index (κ3) is 3.31. The Balaban J connectivity index is 2.10. The summed E-state index contributed by atoms with van der Waals surface area (Å²) >= 11 is 0. The summed E-state index contributed by atoms with van der Waals surface area (Å²) in [7, 11) is 0. The molecule has 0 aromatic heterocycles. The largest absolute Gasteiger partial charge is 0.481 e. The topological polar surface area (TPSA) is 49.3 Å². The number of nitrogens with one attached hydrogen (secondary N) is 1. The van der Waals surface area contributed by atoms with Crippen molar-refractivity contribution in [2.45, 2.75) is 12.8 Å². The van der Waals surface area contributed by atoms with Gasteiger partial charge in [0, 0.05) is 11.4 Å². The summed E-state index contributed by atoms with van der Waals surface area (Å²) in [4.78, 5) is 10.9. The first-order valence-corrected chi connectivity index (χ1v) is 5.91. The Morgan fingerprint density at radius 2 is 1.53 bits per heavy atom. The van der Waals surface area contributed by atoms with Gasteiger partial charge < -0.3 is 10.4 Å². The quantitative estimate of drug-likeness (QED) is 0.879. The first-order valence-electron chi connectivity index (χ1n) is 5.91. The highest BCUT2D eigenvalue weighted by Crippen LogP contribution is 2.21. The predicted molar refractivity (Wildman–Crippen MR) is 72.2 cm³/mol.